The number of thiazole rings is 1. The number of nitrogens with zero attached hydrogens (tertiary/aromatic N) is 2. The Kier molecular flexibility index (Phi) is 6.52. The summed E-state index contributed by atoms with van der Waals surface area (Å²) >= 11 is 1.44. The lowest BCUT2D eigenvalue weighted by Gasteiger charge is -2.29. The Hall–Kier alpha value is -2.05. The van der Waals surface area contributed by atoms with Gasteiger partial charge in [0.25, 0.3) is 0 Å². The van der Waals surface area contributed by atoms with E-state index in [1.165, 1.54) is 24.2 Å². The number of carbonyl (C=O) groups excluding carboxylic acids is 2. The Labute approximate surface area is 158 Å². The lowest BCUT2D eigenvalue weighted by Crippen LogP contribution is -2.32. The third kappa shape index (κ3) is 5.47. The zero-order chi connectivity index (χ0) is 18.4. The van der Waals surface area contributed by atoms with E-state index in [1.54, 1.807) is 12.1 Å². The molecule has 2 heterocycles. The number of likely N-dealkylation sites (tertiary alicyclic amines) is 1. The topological polar surface area (TPSA) is 62.3 Å². The second-order valence-electron chi connectivity index (χ2n) is 6.94. The summed E-state index contributed by atoms with van der Waals surface area (Å²) < 4.78 is 0. The van der Waals surface area contributed by atoms with Gasteiger partial charge in [-0.05, 0) is 31.8 Å². The van der Waals surface area contributed by atoms with Crippen molar-refractivity contribution in [2.75, 3.05) is 18.4 Å². The number of carbonyl (C=O) groups is 2. The molecule has 0 spiro atoms. The average molecular weight is 372 g/mol. The van der Waals surface area contributed by atoms with Crippen LogP contribution < -0.4 is 5.32 Å². The molecule has 3 rings (SSSR count). The van der Waals surface area contributed by atoms with Crippen molar-refractivity contribution in [1.29, 1.82) is 0 Å². The van der Waals surface area contributed by atoms with Crippen molar-refractivity contribution >= 4 is 28.2 Å². The number of nitrogens with one attached hydrogen (secondary N) is 1. The Morgan fingerprint density at radius 1 is 1.19 bits per heavy atom. The highest BCUT2D eigenvalue weighted by Gasteiger charge is 2.17. The monoisotopic (exact) mass is 371 g/mol. The zero-order valence-electron chi connectivity index (χ0n) is 15.1. The molecule has 1 fully saturated rings. The maximum Gasteiger partial charge on any atom is 0.226 e. The molecule has 0 radical (unpaired) electrons. The molecule has 0 atom stereocenters. The molecule has 0 unspecified atom stereocenters. The molecular weight excluding hydrogens is 346 g/mol. The van der Waals surface area contributed by atoms with E-state index >= 15 is 0 Å². The van der Waals surface area contributed by atoms with Gasteiger partial charge in [-0.1, -0.05) is 37.3 Å². The van der Waals surface area contributed by atoms with Gasteiger partial charge < -0.3 is 5.32 Å². The number of hydrogen-bond donors (Lipinski definition) is 1. The van der Waals surface area contributed by atoms with Crippen LogP contribution in [0.15, 0.2) is 35.7 Å². The van der Waals surface area contributed by atoms with Crippen molar-refractivity contribution in [2.45, 2.75) is 39.2 Å². The fourth-order valence-electron chi connectivity index (χ4n) is 3.06. The minimum Gasteiger partial charge on any atom is -0.302 e. The molecule has 1 aliphatic rings. The van der Waals surface area contributed by atoms with E-state index in [0.717, 1.165) is 31.2 Å². The number of piperidine rings is 1. The van der Waals surface area contributed by atoms with E-state index in [2.05, 4.69) is 22.1 Å². The number of amides is 1. The van der Waals surface area contributed by atoms with Gasteiger partial charge in [-0.15, -0.1) is 11.3 Å². The first kappa shape index (κ1) is 18.7. The van der Waals surface area contributed by atoms with Crippen molar-refractivity contribution in [3.05, 3.63) is 47.0 Å². The lowest BCUT2D eigenvalue weighted by atomic mass is 9.99. The summed E-state index contributed by atoms with van der Waals surface area (Å²) in [6.45, 7) is 5.37. The van der Waals surface area contributed by atoms with Crippen LogP contribution in [0.25, 0.3) is 0 Å². The molecule has 6 heteroatoms. The third-order valence-electron chi connectivity index (χ3n) is 4.73. The fourth-order valence-corrected chi connectivity index (χ4v) is 3.78. The van der Waals surface area contributed by atoms with Crippen LogP contribution in [-0.2, 0) is 11.3 Å². The van der Waals surface area contributed by atoms with Crippen LogP contribution >= 0.6 is 11.3 Å². The number of benzene rings is 1. The predicted molar refractivity (Wildman–Crippen MR) is 104 cm³/mol. The van der Waals surface area contributed by atoms with Crippen molar-refractivity contribution in [1.82, 2.24) is 9.88 Å². The Morgan fingerprint density at radius 2 is 1.92 bits per heavy atom. The van der Waals surface area contributed by atoms with E-state index in [9.17, 15) is 9.59 Å². The van der Waals surface area contributed by atoms with Crippen molar-refractivity contribution in [3.63, 3.8) is 0 Å². The fraction of sp³-hybridized carbons (Fsp3) is 0.450. The lowest BCUT2D eigenvalue weighted by molar-refractivity contribution is -0.116. The number of anilines is 1. The summed E-state index contributed by atoms with van der Waals surface area (Å²) in [7, 11) is 0. The molecule has 0 bridgehead atoms. The normalized spacial score (nSPS) is 15.7. The van der Waals surface area contributed by atoms with Gasteiger partial charge in [-0.2, -0.15) is 0 Å². The molecule has 138 valence electrons. The molecule has 2 aromatic rings. The quantitative estimate of drug-likeness (QED) is 0.748. The molecule has 1 aliphatic heterocycles. The molecule has 0 saturated carbocycles. The van der Waals surface area contributed by atoms with Crippen molar-refractivity contribution in [3.8, 4) is 0 Å². The number of ketones is 1. The van der Waals surface area contributed by atoms with Gasteiger partial charge in [-0.3, -0.25) is 14.5 Å². The van der Waals surface area contributed by atoms with Gasteiger partial charge in [0, 0.05) is 30.3 Å². The van der Waals surface area contributed by atoms with Gasteiger partial charge >= 0.3 is 0 Å². The summed E-state index contributed by atoms with van der Waals surface area (Å²) in [5, 5.41) is 5.43. The summed E-state index contributed by atoms with van der Waals surface area (Å²) in [5.41, 5.74) is 1.65. The van der Waals surface area contributed by atoms with E-state index in [0.29, 0.717) is 10.7 Å². The van der Waals surface area contributed by atoms with Crippen LogP contribution in [-0.4, -0.2) is 34.7 Å². The van der Waals surface area contributed by atoms with Crippen LogP contribution in [0.3, 0.4) is 0 Å². The van der Waals surface area contributed by atoms with Gasteiger partial charge in [0.05, 0.1) is 5.69 Å². The summed E-state index contributed by atoms with van der Waals surface area (Å²) in [6, 6.07) is 9.07. The second kappa shape index (κ2) is 9.05. The molecule has 26 heavy (non-hydrogen) atoms. The van der Waals surface area contributed by atoms with Gasteiger partial charge in [0.15, 0.2) is 10.9 Å². The molecule has 1 saturated heterocycles. The van der Waals surface area contributed by atoms with Crippen LogP contribution in [0.1, 0.15) is 48.7 Å². The molecule has 1 aromatic carbocycles. The Balaban J connectivity index is 1.43. The smallest absolute Gasteiger partial charge is 0.226 e. The van der Waals surface area contributed by atoms with Crippen LogP contribution in [0.5, 0.6) is 0 Å². The Bertz CT molecular complexity index is 737. The third-order valence-corrected chi connectivity index (χ3v) is 5.54. The SMILES string of the molecule is CC1CCN(Cc2csc(NC(=O)CCC(=O)c3ccccc3)n2)CC1. The highest BCUT2D eigenvalue weighted by Crippen LogP contribution is 2.21. The van der Waals surface area contributed by atoms with Gasteiger partial charge in [-0.25, -0.2) is 4.98 Å². The predicted octanol–water partition coefficient (Wildman–Crippen LogP) is 3.98. The standard InChI is InChI=1S/C20H25N3O2S/c1-15-9-11-23(12-10-15)13-17-14-26-20(21-17)22-19(25)8-7-18(24)16-5-3-2-4-6-16/h2-6,14-15H,7-13H2,1H3,(H,21,22,25). The maximum atomic E-state index is 12.1. The van der Waals surface area contributed by atoms with Crippen LogP contribution in [0, 0.1) is 5.92 Å². The van der Waals surface area contributed by atoms with E-state index in [4.69, 9.17) is 0 Å². The number of hydrogen-bond acceptors (Lipinski definition) is 5. The molecule has 5 nitrogen and oxygen atoms in total. The zero-order valence-corrected chi connectivity index (χ0v) is 15.9. The Morgan fingerprint density at radius 3 is 2.65 bits per heavy atom. The highest BCUT2D eigenvalue weighted by molar-refractivity contribution is 7.13. The number of aromatic nitrogens is 1. The summed E-state index contributed by atoms with van der Waals surface area (Å²) in [5.74, 6) is 0.636. The summed E-state index contributed by atoms with van der Waals surface area (Å²) in [6.07, 6.45) is 2.86. The van der Waals surface area contributed by atoms with Crippen molar-refractivity contribution < 1.29 is 9.59 Å². The van der Waals surface area contributed by atoms with Crippen LogP contribution in [0.2, 0.25) is 0 Å². The first-order chi connectivity index (χ1) is 12.6. The van der Waals surface area contributed by atoms with E-state index in [-0.39, 0.29) is 24.5 Å². The maximum absolute atomic E-state index is 12.1. The van der Waals surface area contributed by atoms with Crippen molar-refractivity contribution in [2.24, 2.45) is 5.92 Å². The second-order valence-corrected chi connectivity index (χ2v) is 7.80. The van der Waals surface area contributed by atoms with E-state index in [1.807, 2.05) is 23.6 Å². The first-order valence-electron chi connectivity index (χ1n) is 9.15. The summed E-state index contributed by atoms with van der Waals surface area (Å²) in [4.78, 5) is 31.1. The number of rotatable bonds is 7. The molecule has 1 aromatic heterocycles. The average Bonchev–Trinajstić information content (AvgIpc) is 3.09. The number of Topliss-reactive ketones (excluding diaryl/α,β-unsaturated/α-hetero) is 1. The molecule has 0 aliphatic carbocycles. The highest BCUT2D eigenvalue weighted by atomic mass is 32.1. The largest absolute Gasteiger partial charge is 0.302 e. The molecule has 1 N–H and O–H groups in total. The molecular formula is C20H25N3O2S. The first-order valence-corrected chi connectivity index (χ1v) is 10.0. The minimum atomic E-state index is -0.165. The molecule has 1 amide bonds. The van der Waals surface area contributed by atoms with Gasteiger partial charge in [0.2, 0.25) is 5.91 Å². The van der Waals surface area contributed by atoms with E-state index < -0.39 is 0 Å². The van der Waals surface area contributed by atoms with Crippen LogP contribution in [0.4, 0.5) is 5.13 Å². The minimum absolute atomic E-state index is 0.0140. The van der Waals surface area contributed by atoms with Gasteiger partial charge in [0.1, 0.15) is 0 Å².